The summed E-state index contributed by atoms with van der Waals surface area (Å²) in [4.78, 5) is 5.10. The molecule has 0 radical (unpaired) electrons. The van der Waals surface area contributed by atoms with E-state index in [9.17, 15) is 0 Å². The lowest BCUT2D eigenvalue weighted by Crippen LogP contribution is -2.16. The van der Waals surface area contributed by atoms with E-state index in [0.29, 0.717) is 0 Å². The molecule has 9 aromatic carbocycles. The Bertz CT molecular complexity index is 2920. The summed E-state index contributed by atoms with van der Waals surface area (Å²) in [6.07, 6.45) is 8.74. The fourth-order valence-corrected chi connectivity index (χ4v) is 10.1. The summed E-state index contributed by atoms with van der Waals surface area (Å²) in [5.74, 6) is 0. The molecular formula is C68H72N2. The van der Waals surface area contributed by atoms with Crippen LogP contribution in [-0.2, 0) is 36.5 Å². The minimum absolute atomic E-state index is 0.0334. The lowest BCUT2D eigenvalue weighted by atomic mass is 9.86. The van der Waals surface area contributed by atoms with Crippen LogP contribution in [0, 0.1) is 13.8 Å². The summed E-state index contributed by atoms with van der Waals surface area (Å²) in [6.45, 7) is 18.2. The second-order valence-electron chi connectivity index (χ2n) is 21.8. The lowest BCUT2D eigenvalue weighted by molar-refractivity contribution is 0.590. The number of anilines is 6. The number of nitrogens with zero attached hydrogens (tertiary/aromatic N) is 2. The molecule has 0 N–H and O–H groups in total. The van der Waals surface area contributed by atoms with Crippen LogP contribution in [-0.4, -0.2) is 0 Å². The van der Waals surface area contributed by atoms with Gasteiger partial charge in [0.05, 0.1) is 11.4 Å². The maximum absolute atomic E-state index is 2.55. The molecule has 0 atom stereocenters. The first-order chi connectivity index (χ1) is 33.8. The lowest BCUT2D eigenvalue weighted by Gasteiger charge is -2.34. The van der Waals surface area contributed by atoms with Gasteiger partial charge in [0.25, 0.3) is 0 Å². The van der Waals surface area contributed by atoms with Crippen LogP contribution in [0.3, 0.4) is 0 Å². The summed E-state index contributed by atoms with van der Waals surface area (Å²) in [6, 6.07) is 73.7. The Morgan fingerprint density at radius 2 is 0.600 bits per heavy atom. The summed E-state index contributed by atoms with van der Waals surface area (Å²) in [5.41, 5.74) is 17.8. The predicted molar refractivity (Wildman–Crippen MR) is 304 cm³/mol. The van der Waals surface area contributed by atoms with Crippen LogP contribution in [0.2, 0.25) is 0 Å². The van der Waals surface area contributed by atoms with Gasteiger partial charge in [0.2, 0.25) is 0 Å². The van der Waals surface area contributed by atoms with E-state index in [1.54, 1.807) is 0 Å². The molecule has 0 aliphatic carbocycles. The highest BCUT2D eigenvalue weighted by atomic mass is 15.2. The molecule has 70 heavy (non-hydrogen) atoms. The number of fused-ring (bicyclic) bond motifs is 2. The zero-order valence-corrected chi connectivity index (χ0v) is 43.0. The molecule has 0 aliphatic rings. The standard InChI is InChI=1S/C68H72N2/c1-49-27-37-57(38-28-49)69(59-41-33-55(34-42-59)67(3,4)5)65-61-45-31-54(26-18-16-24-52-21-13-10-14-22-52)48-64(61)66(62-46-32-53(47-63(62)65)25-17-15-23-51-19-11-9-12-20-51)70(58-39-29-50(2)30-40-58)60-43-35-56(36-44-60)68(6,7)8/h9-14,19-22,27-48H,15-18,23-26H2,1-8H3. The van der Waals surface area contributed by atoms with Crippen molar-refractivity contribution in [3.05, 3.63) is 239 Å². The highest BCUT2D eigenvalue weighted by Gasteiger charge is 2.27. The smallest absolute Gasteiger partial charge is 0.0620 e. The average molecular weight is 917 g/mol. The molecule has 0 spiro atoms. The number of aryl methyl sites for hydroxylation is 6. The molecule has 9 aromatic rings. The number of benzene rings is 9. The van der Waals surface area contributed by atoms with E-state index in [1.807, 2.05) is 0 Å². The van der Waals surface area contributed by atoms with E-state index in [0.717, 1.165) is 74.1 Å². The molecule has 0 saturated heterocycles. The van der Waals surface area contributed by atoms with Crippen LogP contribution >= 0.6 is 0 Å². The van der Waals surface area contributed by atoms with Gasteiger partial charge in [0.15, 0.2) is 0 Å². The second-order valence-corrected chi connectivity index (χ2v) is 21.8. The zero-order chi connectivity index (χ0) is 48.8. The molecular weight excluding hydrogens is 845 g/mol. The van der Waals surface area contributed by atoms with Gasteiger partial charge in [-0.05, 0) is 170 Å². The molecule has 2 nitrogen and oxygen atoms in total. The van der Waals surface area contributed by atoms with Crippen molar-refractivity contribution in [3.8, 4) is 0 Å². The van der Waals surface area contributed by atoms with Crippen molar-refractivity contribution in [2.75, 3.05) is 9.80 Å². The van der Waals surface area contributed by atoms with Crippen molar-refractivity contribution in [3.63, 3.8) is 0 Å². The van der Waals surface area contributed by atoms with Crippen LogP contribution in [0.1, 0.15) is 112 Å². The average Bonchev–Trinajstić information content (AvgIpc) is 3.36. The largest absolute Gasteiger partial charge is 0.309 e. The van der Waals surface area contributed by atoms with E-state index in [4.69, 9.17) is 0 Å². The van der Waals surface area contributed by atoms with Gasteiger partial charge in [-0.2, -0.15) is 0 Å². The van der Waals surface area contributed by atoms with Gasteiger partial charge in [-0.3, -0.25) is 0 Å². The summed E-state index contributed by atoms with van der Waals surface area (Å²) in [7, 11) is 0. The van der Waals surface area contributed by atoms with Gasteiger partial charge in [0, 0.05) is 44.3 Å². The third-order valence-corrected chi connectivity index (χ3v) is 14.3. The highest BCUT2D eigenvalue weighted by molar-refractivity contribution is 6.23. The topological polar surface area (TPSA) is 6.48 Å². The molecule has 0 heterocycles. The Hall–Kier alpha value is -6.90. The Labute approximate surface area is 419 Å². The van der Waals surface area contributed by atoms with Crippen molar-refractivity contribution in [1.29, 1.82) is 0 Å². The molecule has 0 amide bonds. The van der Waals surface area contributed by atoms with Crippen molar-refractivity contribution in [1.82, 2.24) is 0 Å². The number of rotatable bonds is 16. The van der Waals surface area contributed by atoms with E-state index in [1.165, 1.54) is 77.4 Å². The Kier molecular flexibility index (Phi) is 14.4. The quantitative estimate of drug-likeness (QED) is 0.0541. The SMILES string of the molecule is Cc1ccc(N(c2ccc(C(C)(C)C)cc2)c2c3ccc(CCCCc4ccccc4)cc3c(N(c3ccc(C)cc3)c3ccc(C(C)(C)C)cc3)c3ccc(CCCCc4ccccc4)cc23)cc1. The third-order valence-electron chi connectivity index (χ3n) is 14.3. The maximum Gasteiger partial charge on any atom is 0.0620 e. The fourth-order valence-electron chi connectivity index (χ4n) is 10.1. The minimum Gasteiger partial charge on any atom is -0.309 e. The van der Waals surface area contributed by atoms with Crippen LogP contribution in [0.4, 0.5) is 34.1 Å². The Morgan fingerprint density at radius 1 is 0.300 bits per heavy atom. The van der Waals surface area contributed by atoms with Gasteiger partial charge in [-0.15, -0.1) is 0 Å². The molecule has 0 aromatic heterocycles. The number of hydrogen-bond donors (Lipinski definition) is 0. The van der Waals surface area contributed by atoms with E-state index < -0.39 is 0 Å². The van der Waals surface area contributed by atoms with Crippen LogP contribution in [0.15, 0.2) is 194 Å². The summed E-state index contributed by atoms with van der Waals surface area (Å²) in [5, 5.41) is 4.98. The van der Waals surface area contributed by atoms with Gasteiger partial charge in [-0.25, -0.2) is 0 Å². The molecule has 354 valence electrons. The van der Waals surface area contributed by atoms with Crippen molar-refractivity contribution < 1.29 is 0 Å². The number of hydrogen-bond acceptors (Lipinski definition) is 2. The molecule has 0 bridgehead atoms. The van der Waals surface area contributed by atoms with E-state index in [-0.39, 0.29) is 10.8 Å². The first-order valence-electron chi connectivity index (χ1n) is 25.8. The maximum atomic E-state index is 2.55. The highest BCUT2D eigenvalue weighted by Crippen LogP contribution is 2.52. The molecule has 0 saturated carbocycles. The molecule has 0 unspecified atom stereocenters. The van der Waals surface area contributed by atoms with E-state index in [2.05, 4.69) is 259 Å². The number of unbranched alkanes of at least 4 members (excludes halogenated alkanes) is 2. The Balaban J connectivity index is 1.30. The van der Waals surface area contributed by atoms with E-state index >= 15 is 0 Å². The summed E-state index contributed by atoms with van der Waals surface area (Å²) < 4.78 is 0. The summed E-state index contributed by atoms with van der Waals surface area (Å²) >= 11 is 0. The van der Waals surface area contributed by atoms with Crippen LogP contribution in [0.5, 0.6) is 0 Å². The zero-order valence-electron chi connectivity index (χ0n) is 43.0. The molecule has 9 rings (SSSR count). The molecule has 2 heteroatoms. The van der Waals surface area contributed by atoms with Gasteiger partial charge >= 0.3 is 0 Å². The molecule has 0 aliphatic heterocycles. The van der Waals surface area contributed by atoms with Gasteiger partial charge in [-0.1, -0.05) is 186 Å². The Morgan fingerprint density at radius 3 is 0.914 bits per heavy atom. The second kappa shape index (κ2) is 21.0. The van der Waals surface area contributed by atoms with Crippen LogP contribution in [0.25, 0.3) is 21.5 Å². The van der Waals surface area contributed by atoms with Gasteiger partial charge in [0.1, 0.15) is 0 Å². The first-order valence-corrected chi connectivity index (χ1v) is 25.8. The van der Waals surface area contributed by atoms with Crippen molar-refractivity contribution in [2.45, 2.75) is 118 Å². The normalized spacial score (nSPS) is 11.9. The monoisotopic (exact) mass is 917 g/mol. The van der Waals surface area contributed by atoms with Gasteiger partial charge < -0.3 is 9.80 Å². The third kappa shape index (κ3) is 11.1. The molecule has 0 fully saturated rings. The fraction of sp³-hybridized carbons (Fsp3) is 0.265. The van der Waals surface area contributed by atoms with Crippen molar-refractivity contribution >= 4 is 55.7 Å². The van der Waals surface area contributed by atoms with Crippen molar-refractivity contribution in [2.24, 2.45) is 0 Å². The van der Waals surface area contributed by atoms with Crippen LogP contribution < -0.4 is 9.80 Å². The predicted octanol–water partition coefficient (Wildman–Crippen LogP) is 19.3. The first kappa shape index (κ1) is 48.1. The minimum atomic E-state index is 0.0334.